The number of carboxylic acids is 1. The normalized spacial score (nSPS) is 17.0. The van der Waals surface area contributed by atoms with Crippen LogP contribution in [0.15, 0.2) is 18.2 Å². The summed E-state index contributed by atoms with van der Waals surface area (Å²) >= 11 is 7.89. The van der Waals surface area contributed by atoms with E-state index in [1.54, 1.807) is 18.2 Å². The number of carbonyl (C=O) groups is 2. The fourth-order valence-electron chi connectivity index (χ4n) is 2.07. The molecule has 2 rings (SSSR count). The van der Waals surface area contributed by atoms with E-state index >= 15 is 0 Å². The van der Waals surface area contributed by atoms with Crippen molar-refractivity contribution in [2.75, 3.05) is 18.5 Å². The van der Waals surface area contributed by atoms with Crippen LogP contribution in [0.4, 0.5) is 10.5 Å². The van der Waals surface area contributed by atoms with E-state index in [1.165, 1.54) is 0 Å². The van der Waals surface area contributed by atoms with E-state index in [-0.39, 0.29) is 12.8 Å². The molecular weight excluding hydrogens is 411 g/mol. The van der Waals surface area contributed by atoms with Crippen molar-refractivity contribution in [3.8, 4) is 0 Å². The first-order valence-electron chi connectivity index (χ1n) is 6.28. The highest BCUT2D eigenvalue weighted by Gasteiger charge is 2.41. The number of benzene rings is 1. The first kappa shape index (κ1) is 16.3. The zero-order chi connectivity index (χ0) is 15.5. The number of rotatable bonds is 3. The van der Waals surface area contributed by atoms with Gasteiger partial charge in [-0.1, -0.05) is 11.6 Å². The number of amides is 2. The largest absolute Gasteiger partial charge is 0.480 e. The van der Waals surface area contributed by atoms with Crippen LogP contribution in [0.25, 0.3) is 0 Å². The predicted octanol–water partition coefficient (Wildman–Crippen LogP) is 2.70. The molecular formula is C13H14ClIN2O4. The molecule has 1 fully saturated rings. The van der Waals surface area contributed by atoms with Gasteiger partial charge in [-0.25, -0.2) is 9.59 Å². The standard InChI is InChI=1S/C13H14ClIN2O4/c14-8-1-2-10(9(15)7-8)16-12(20)17-13(11(18)19)3-5-21-6-4-13/h1-2,7H,3-6H2,(H,18,19)(H2,16,17,20). The number of nitrogens with one attached hydrogen (secondary N) is 2. The van der Waals surface area contributed by atoms with Gasteiger partial charge in [-0.05, 0) is 40.8 Å². The maximum Gasteiger partial charge on any atom is 0.329 e. The highest BCUT2D eigenvalue weighted by Crippen LogP contribution is 2.24. The molecule has 0 aliphatic carbocycles. The van der Waals surface area contributed by atoms with Crippen LogP contribution in [-0.2, 0) is 9.53 Å². The van der Waals surface area contributed by atoms with Gasteiger partial charge in [-0.15, -0.1) is 0 Å². The van der Waals surface area contributed by atoms with E-state index in [1.807, 2.05) is 22.6 Å². The fourth-order valence-corrected chi connectivity index (χ4v) is 3.08. The number of urea groups is 1. The number of halogens is 2. The lowest BCUT2D eigenvalue weighted by atomic mass is 9.90. The summed E-state index contributed by atoms with van der Waals surface area (Å²) in [6.07, 6.45) is 0.487. The second-order valence-corrected chi connectivity index (χ2v) is 6.30. The van der Waals surface area contributed by atoms with Crippen LogP contribution in [0, 0.1) is 3.57 Å². The smallest absolute Gasteiger partial charge is 0.329 e. The Hall–Kier alpha value is -1.06. The molecule has 1 aliphatic heterocycles. The van der Waals surface area contributed by atoms with Gasteiger partial charge in [0.15, 0.2) is 0 Å². The Bertz CT molecular complexity index is 561. The Morgan fingerprint density at radius 1 is 1.33 bits per heavy atom. The molecule has 0 aromatic heterocycles. The van der Waals surface area contributed by atoms with Crippen LogP contribution < -0.4 is 10.6 Å². The van der Waals surface area contributed by atoms with Gasteiger partial charge in [0.2, 0.25) is 0 Å². The molecule has 0 unspecified atom stereocenters. The molecule has 6 nitrogen and oxygen atoms in total. The van der Waals surface area contributed by atoms with Crippen LogP contribution in [-0.4, -0.2) is 35.9 Å². The zero-order valence-corrected chi connectivity index (χ0v) is 13.9. The molecule has 1 heterocycles. The van der Waals surface area contributed by atoms with Gasteiger partial charge in [-0.3, -0.25) is 0 Å². The molecule has 21 heavy (non-hydrogen) atoms. The van der Waals surface area contributed by atoms with Crippen LogP contribution in [0.5, 0.6) is 0 Å². The molecule has 3 N–H and O–H groups in total. The molecule has 0 saturated carbocycles. The SMILES string of the molecule is O=C(Nc1ccc(Cl)cc1I)NC1(C(=O)O)CCOCC1. The summed E-state index contributed by atoms with van der Waals surface area (Å²) in [5.74, 6) is -1.05. The second-order valence-electron chi connectivity index (χ2n) is 4.70. The molecule has 1 aromatic rings. The average Bonchev–Trinajstić information content (AvgIpc) is 2.43. The van der Waals surface area contributed by atoms with Gasteiger partial charge in [0.05, 0.1) is 5.69 Å². The maximum absolute atomic E-state index is 12.1. The predicted molar refractivity (Wildman–Crippen MR) is 86.7 cm³/mol. The quantitative estimate of drug-likeness (QED) is 0.651. The number of anilines is 1. The van der Waals surface area contributed by atoms with E-state index in [0.717, 1.165) is 3.57 Å². The molecule has 0 bridgehead atoms. The van der Waals surface area contributed by atoms with Crippen molar-refractivity contribution in [2.24, 2.45) is 0 Å². The Morgan fingerprint density at radius 2 is 2.00 bits per heavy atom. The number of carboxylic acid groups (broad SMARTS) is 1. The number of aliphatic carboxylic acids is 1. The number of ether oxygens (including phenoxy) is 1. The number of hydrogen-bond donors (Lipinski definition) is 3. The minimum atomic E-state index is -1.28. The molecule has 0 radical (unpaired) electrons. The Balaban J connectivity index is 2.07. The topological polar surface area (TPSA) is 87.7 Å². The van der Waals surface area contributed by atoms with Gasteiger partial charge in [0.1, 0.15) is 5.54 Å². The molecule has 1 aliphatic rings. The third-order valence-electron chi connectivity index (χ3n) is 3.29. The first-order chi connectivity index (χ1) is 9.93. The van der Waals surface area contributed by atoms with Crippen LogP contribution in [0.2, 0.25) is 5.02 Å². The van der Waals surface area contributed by atoms with Gasteiger partial charge in [0.25, 0.3) is 0 Å². The molecule has 2 amide bonds. The molecule has 114 valence electrons. The Labute approximate surface area is 140 Å². The van der Waals surface area contributed by atoms with Crippen molar-refractivity contribution in [1.29, 1.82) is 0 Å². The molecule has 8 heteroatoms. The van der Waals surface area contributed by atoms with Gasteiger partial charge >= 0.3 is 12.0 Å². The maximum atomic E-state index is 12.1. The van der Waals surface area contributed by atoms with E-state index < -0.39 is 17.5 Å². The summed E-state index contributed by atoms with van der Waals surface area (Å²) in [5, 5.41) is 15.1. The molecule has 1 aromatic carbocycles. The van der Waals surface area contributed by atoms with Crippen LogP contribution >= 0.6 is 34.2 Å². The van der Waals surface area contributed by atoms with E-state index in [9.17, 15) is 14.7 Å². The summed E-state index contributed by atoms with van der Waals surface area (Å²) in [6, 6.07) is 4.47. The zero-order valence-electron chi connectivity index (χ0n) is 11.0. The van der Waals surface area contributed by atoms with E-state index in [2.05, 4.69) is 10.6 Å². The monoisotopic (exact) mass is 424 g/mol. The highest BCUT2D eigenvalue weighted by atomic mass is 127. The summed E-state index contributed by atoms with van der Waals surface area (Å²) in [7, 11) is 0. The minimum Gasteiger partial charge on any atom is -0.480 e. The minimum absolute atomic E-state index is 0.244. The lowest BCUT2D eigenvalue weighted by Crippen LogP contribution is -2.58. The van der Waals surface area contributed by atoms with Crippen LogP contribution in [0.3, 0.4) is 0 Å². The number of hydrogen-bond acceptors (Lipinski definition) is 3. The van der Waals surface area contributed by atoms with Crippen molar-refractivity contribution in [1.82, 2.24) is 5.32 Å². The van der Waals surface area contributed by atoms with Crippen molar-refractivity contribution >= 4 is 51.9 Å². The molecule has 1 saturated heterocycles. The third kappa shape index (κ3) is 3.98. The summed E-state index contributed by atoms with van der Waals surface area (Å²) in [6.45, 7) is 0.621. The average molecular weight is 425 g/mol. The van der Waals surface area contributed by atoms with Crippen molar-refractivity contribution in [3.63, 3.8) is 0 Å². The molecule has 0 atom stereocenters. The lowest BCUT2D eigenvalue weighted by Gasteiger charge is -2.33. The van der Waals surface area contributed by atoms with Crippen LogP contribution in [0.1, 0.15) is 12.8 Å². The van der Waals surface area contributed by atoms with Crippen molar-refractivity contribution in [2.45, 2.75) is 18.4 Å². The molecule has 0 spiro atoms. The Morgan fingerprint density at radius 3 is 2.57 bits per heavy atom. The van der Waals surface area contributed by atoms with Crippen molar-refractivity contribution in [3.05, 3.63) is 26.8 Å². The van der Waals surface area contributed by atoms with E-state index in [4.69, 9.17) is 16.3 Å². The van der Waals surface area contributed by atoms with Gasteiger partial charge in [-0.2, -0.15) is 0 Å². The summed E-state index contributed by atoms with van der Waals surface area (Å²) in [5.41, 5.74) is -0.703. The second kappa shape index (κ2) is 6.80. The summed E-state index contributed by atoms with van der Waals surface area (Å²) < 4.78 is 5.93. The van der Waals surface area contributed by atoms with E-state index in [0.29, 0.717) is 23.9 Å². The number of carbonyl (C=O) groups excluding carboxylic acids is 1. The third-order valence-corrected chi connectivity index (χ3v) is 4.42. The fraction of sp³-hybridized carbons (Fsp3) is 0.385. The van der Waals surface area contributed by atoms with Crippen molar-refractivity contribution < 1.29 is 19.4 Å². The van der Waals surface area contributed by atoms with Gasteiger partial charge < -0.3 is 20.5 Å². The van der Waals surface area contributed by atoms with Gasteiger partial charge in [0, 0.05) is 34.6 Å². The summed E-state index contributed by atoms with van der Waals surface area (Å²) in [4.78, 5) is 23.5. The Kier molecular flexibility index (Phi) is 5.28. The highest BCUT2D eigenvalue weighted by molar-refractivity contribution is 14.1. The lowest BCUT2D eigenvalue weighted by molar-refractivity contribution is -0.148. The first-order valence-corrected chi connectivity index (χ1v) is 7.74.